The van der Waals surface area contributed by atoms with Gasteiger partial charge < -0.3 is 10.1 Å². The molecule has 0 bridgehead atoms. The lowest BCUT2D eigenvalue weighted by molar-refractivity contribution is 0.177. The van der Waals surface area contributed by atoms with E-state index in [2.05, 4.69) is 55.2 Å². The summed E-state index contributed by atoms with van der Waals surface area (Å²) < 4.78 is 7.17. The second kappa shape index (κ2) is 7.03. The number of benzene rings is 1. The van der Waals surface area contributed by atoms with E-state index in [0.29, 0.717) is 18.7 Å². The second-order valence-corrected chi connectivity index (χ2v) is 6.98. The molecule has 0 unspecified atom stereocenters. The number of aryl methyl sites for hydroxylation is 4. The summed E-state index contributed by atoms with van der Waals surface area (Å²) in [6.45, 7) is 10.2. The van der Waals surface area contributed by atoms with Crippen LogP contribution in [0.2, 0.25) is 0 Å². The number of nitrogens with zero attached hydrogens (tertiary/aromatic N) is 3. The lowest BCUT2D eigenvalue weighted by Crippen LogP contribution is -2.39. The lowest BCUT2D eigenvalue weighted by Gasteiger charge is -2.28. The first-order valence-corrected chi connectivity index (χ1v) is 8.73. The van der Waals surface area contributed by atoms with Gasteiger partial charge in [0.15, 0.2) is 5.82 Å². The van der Waals surface area contributed by atoms with Crippen molar-refractivity contribution in [2.24, 2.45) is 0 Å². The molecule has 0 radical (unpaired) electrons. The SMILES string of the molecule is COCc1nc2n(n1)C[C@H](N[C@@H](C)c1cc(C)c(C)cc1C)CC2. The Morgan fingerprint density at radius 2 is 2.00 bits per heavy atom. The molecule has 1 N–H and O–H groups in total. The molecule has 5 nitrogen and oxygen atoms in total. The first-order chi connectivity index (χ1) is 11.5. The predicted octanol–water partition coefficient (Wildman–Crippen LogP) is 3.02. The minimum Gasteiger partial charge on any atom is -0.377 e. The molecule has 5 heteroatoms. The van der Waals surface area contributed by atoms with Crippen LogP contribution in [0.4, 0.5) is 0 Å². The molecule has 2 heterocycles. The van der Waals surface area contributed by atoms with E-state index in [1.54, 1.807) is 7.11 Å². The van der Waals surface area contributed by atoms with Crippen molar-refractivity contribution in [1.29, 1.82) is 0 Å². The van der Waals surface area contributed by atoms with E-state index in [9.17, 15) is 0 Å². The molecule has 0 spiro atoms. The molecule has 0 fully saturated rings. The average molecular weight is 328 g/mol. The molecule has 1 aromatic carbocycles. The standard InChI is InChI=1S/C19H28N4O/c1-12-8-14(3)17(9-13(12)2)15(4)20-16-6-7-19-21-18(11-24-5)22-23(19)10-16/h8-9,15-16,20H,6-7,10-11H2,1-5H3/t15-,16+/m0/s1. The highest BCUT2D eigenvalue weighted by Crippen LogP contribution is 2.23. The maximum absolute atomic E-state index is 5.13. The van der Waals surface area contributed by atoms with Gasteiger partial charge in [0, 0.05) is 25.6 Å². The smallest absolute Gasteiger partial charge is 0.176 e. The molecule has 0 saturated carbocycles. The van der Waals surface area contributed by atoms with Crippen molar-refractivity contribution in [3.8, 4) is 0 Å². The summed E-state index contributed by atoms with van der Waals surface area (Å²) in [6, 6.07) is 5.36. The van der Waals surface area contributed by atoms with Gasteiger partial charge in [0.25, 0.3) is 0 Å². The molecule has 0 aliphatic carbocycles. The van der Waals surface area contributed by atoms with Gasteiger partial charge in [-0.2, -0.15) is 5.10 Å². The fourth-order valence-electron chi connectivity index (χ4n) is 3.58. The minimum atomic E-state index is 0.331. The minimum absolute atomic E-state index is 0.331. The van der Waals surface area contributed by atoms with Crippen molar-refractivity contribution < 1.29 is 4.74 Å². The molecule has 130 valence electrons. The van der Waals surface area contributed by atoms with Crippen molar-refractivity contribution in [1.82, 2.24) is 20.1 Å². The zero-order valence-corrected chi connectivity index (χ0v) is 15.4. The number of ether oxygens (including phenoxy) is 1. The van der Waals surface area contributed by atoms with E-state index in [1.165, 1.54) is 22.3 Å². The molecular formula is C19H28N4O. The van der Waals surface area contributed by atoms with Crippen molar-refractivity contribution in [2.75, 3.05) is 7.11 Å². The highest BCUT2D eigenvalue weighted by atomic mass is 16.5. The van der Waals surface area contributed by atoms with Crippen molar-refractivity contribution in [3.05, 3.63) is 46.0 Å². The van der Waals surface area contributed by atoms with E-state index in [-0.39, 0.29) is 0 Å². The Labute approximate surface area is 144 Å². The fraction of sp³-hybridized carbons (Fsp3) is 0.579. The Morgan fingerprint density at radius 1 is 1.25 bits per heavy atom. The summed E-state index contributed by atoms with van der Waals surface area (Å²) in [5.74, 6) is 1.86. The topological polar surface area (TPSA) is 52.0 Å². The molecule has 2 aromatic rings. The Balaban J connectivity index is 1.69. The zero-order chi connectivity index (χ0) is 17.3. The van der Waals surface area contributed by atoms with Crippen LogP contribution in [0.3, 0.4) is 0 Å². The number of aromatic nitrogens is 3. The van der Waals surface area contributed by atoms with Crippen LogP contribution in [0.15, 0.2) is 12.1 Å². The van der Waals surface area contributed by atoms with Crippen LogP contribution in [0.1, 0.15) is 53.3 Å². The number of hydrogen-bond acceptors (Lipinski definition) is 4. The normalized spacial score (nSPS) is 18.5. The maximum Gasteiger partial charge on any atom is 0.176 e. The summed E-state index contributed by atoms with van der Waals surface area (Å²) in [6.07, 6.45) is 2.06. The number of hydrogen-bond donors (Lipinski definition) is 1. The van der Waals surface area contributed by atoms with Crippen LogP contribution in [0.5, 0.6) is 0 Å². The van der Waals surface area contributed by atoms with Crippen LogP contribution >= 0.6 is 0 Å². The van der Waals surface area contributed by atoms with Gasteiger partial charge in [-0.3, -0.25) is 0 Å². The summed E-state index contributed by atoms with van der Waals surface area (Å²) >= 11 is 0. The van der Waals surface area contributed by atoms with Gasteiger partial charge in [-0.05, 0) is 56.4 Å². The Morgan fingerprint density at radius 3 is 2.75 bits per heavy atom. The first-order valence-electron chi connectivity index (χ1n) is 8.73. The van der Waals surface area contributed by atoms with Gasteiger partial charge in [-0.25, -0.2) is 9.67 Å². The maximum atomic E-state index is 5.13. The molecule has 3 rings (SSSR count). The molecular weight excluding hydrogens is 300 g/mol. The Hall–Kier alpha value is -1.72. The highest BCUT2D eigenvalue weighted by molar-refractivity contribution is 5.38. The third-order valence-electron chi connectivity index (χ3n) is 5.01. The summed E-state index contributed by atoms with van der Waals surface area (Å²) in [5.41, 5.74) is 5.47. The van der Waals surface area contributed by atoms with Crippen LogP contribution in [0.25, 0.3) is 0 Å². The molecule has 1 aliphatic heterocycles. The van der Waals surface area contributed by atoms with E-state index < -0.39 is 0 Å². The van der Waals surface area contributed by atoms with Crippen molar-refractivity contribution in [2.45, 2.75) is 65.8 Å². The fourth-order valence-corrected chi connectivity index (χ4v) is 3.58. The molecule has 0 amide bonds. The highest BCUT2D eigenvalue weighted by Gasteiger charge is 2.23. The number of rotatable bonds is 5. The van der Waals surface area contributed by atoms with Gasteiger partial charge in [-0.15, -0.1) is 0 Å². The van der Waals surface area contributed by atoms with E-state index >= 15 is 0 Å². The summed E-state index contributed by atoms with van der Waals surface area (Å²) in [4.78, 5) is 4.55. The molecule has 24 heavy (non-hydrogen) atoms. The third kappa shape index (κ3) is 3.52. The van der Waals surface area contributed by atoms with Gasteiger partial charge in [0.2, 0.25) is 0 Å². The van der Waals surface area contributed by atoms with Gasteiger partial charge in [-0.1, -0.05) is 12.1 Å². The summed E-state index contributed by atoms with van der Waals surface area (Å²) in [7, 11) is 1.68. The van der Waals surface area contributed by atoms with Gasteiger partial charge in [0.05, 0.1) is 6.54 Å². The molecule has 1 aromatic heterocycles. The first kappa shape index (κ1) is 17.1. The van der Waals surface area contributed by atoms with Crippen LogP contribution < -0.4 is 5.32 Å². The van der Waals surface area contributed by atoms with Crippen molar-refractivity contribution in [3.63, 3.8) is 0 Å². The van der Waals surface area contributed by atoms with Gasteiger partial charge in [0.1, 0.15) is 12.4 Å². The van der Waals surface area contributed by atoms with E-state index in [1.807, 2.05) is 4.68 Å². The second-order valence-electron chi connectivity index (χ2n) is 6.98. The van der Waals surface area contributed by atoms with Crippen LogP contribution in [-0.2, 0) is 24.3 Å². The lowest BCUT2D eigenvalue weighted by atomic mass is 9.95. The van der Waals surface area contributed by atoms with E-state index in [4.69, 9.17) is 4.74 Å². The van der Waals surface area contributed by atoms with Crippen molar-refractivity contribution >= 4 is 0 Å². The number of nitrogens with one attached hydrogen (secondary N) is 1. The summed E-state index contributed by atoms with van der Waals surface area (Å²) in [5, 5.41) is 8.34. The third-order valence-corrected chi connectivity index (χ3v) is 5.01. The predicted molar refractivity (Wildman–Crippen MR) is 95.0 cm³/mol. The number of methoxy groups -OCH3 is 1. The zero-order valence-electron chi connectivity index (χ0n) is 15.4. The quantitative estimate of drug-likeness (QED) is 0.917. The largest absolute Gasteiger partial charge is 0.377 e. The van der Waals surface area contributed by atoms with Gasteiger partial charge >= 0.3 is 0 Å². The Kier molecular flexibility index (Phi) is 5.01. The van der Waals surface area contributed by atoms with Crippen LogP contribution in [0, 0.1) is 20.8 Å². The molecule has 1 aliphatic rings. The average Bonchev–Trinajstić information content (AvgIpc) is 2.92. The van der Waals surface area contributed by atoms with Crippen LogP contribution in [-0.4, -0.2) is 27.9 Å². The van der Waals surface area contributed by atoms with E-state index in [0.717, 1.165) is 31.0 Å². The molecule has 0 saturated heterocycles. The number of fused-ring (bicyclic) bond motifs is 1. The Bertz CT molecular complexity index is 722. The monoisotopic (exact) mass is 328 g/mol. The molecule has 2 atom stereocenters.